The van der Waals surface area contributed by atoms with Crippen molar-refractivity contribution in [3.63, 3.8) is 0 Å². The summed E-state index contributed by atoms with van der Waals surface area (Å²) in [6.45, 7) is 5.57. The lowest BCUT2D eigenvalue weighted by Crippen LogP contribution is -2.09. The smallest absolute Gasteiger partial charge is 0.142 e. The van der Waals surface area contributed by atoms with Crippen LogP contribution in [0.3, 0.4) is 0 Å². The monoisotopic (exact) mass is 338 g/mol. The maximum Gasteiger partial charge on any atom is 0.142 e. The van der Waals surface area contributed by atoms with Crippen molar-refractivity contribution in [1.82, 2.24) is 0 Å². The van der Waals surface area contributed by atoms with E-state index in [1.807, 2.05) is 43.3 Å². The lowest BCUT2D eigenvalue weighted by molar-refractivity contribution is 0.130. The predicted molar refractivity (Wildman–Crippen MR) is 98.1 cm³/mol. The highest BCUT2D eigenvalue weighted by Crippen LogP contribution is 2.14. The second kappa shape index (κ2) is 8.33. The summed E-state index contributed by atoms with van der Waals surface area (Å²) in [4.78, 5) is 10.4. The van der Waals surface area contributed by atoms with Crippen molar-refractivity contribution in [2.24, 2.45) is 10.3 Å². The quantitative estimate of drug-likeness (QED) is 0.564. The van der Waals surface area contributed by atoms with E-state index in [-0.39, 0.29) is 0 Å². The SMILES string of the molecule is C/C(=N\OCc1ccc(C)cc1)c1ccc(OCC2=NOCC2)cc1. The van der Waals surface area contributed by atoms with Crippen molar-refractivity contribution in [3.8, 4) is 5.75 Å². The van der Waals surface area contributed by atoms with Gasteiger partial charge in [0.2, 0.25) is 0 Å². The number of ether oxygens (including phenoxy) is 1. The average molecular weight is 338 g/mol. The van der Waals surface area contributed by atoms with Gasteiger partial charge in [0.15, 0.2) is 0 Å². The second-order valence-corrected chi connectivity index (χ2v) is 5.99. The van der Waals surface area contributed by atoms with E-state index < -0.39 is 0 Å². The fraction of sp³-hybridized carbons (Fsp3) is 0.300. The molecular weight excluding hydrogens is 316 g/mol. The van der Waals surface area contributed by atoms with Gasteiger partial charge < -0.3 is 14.4 Å². The van der Waals surface area contributed by atoms with Crippen molar-refractivity contribution in [3.05, 3.63) is 65.2 Å². The number of aryl methyl sites for hydroxylation is 1. The van der Waals surface area contributed by atoms with Gasteiger partial charge in [-0.3, -0.25) is 0 Å². The van der Waals surface area contributed by atoms with E-state index >= 15 is 0 Å². The molecule has 0 atom stereocenters. The number of hydrogen-bond donors (Lipinski definition) is 0. The molecule has 0 aromatic heterocycles. The van der Waals surface area contributed by atoms with Crippen LogP contribution >= 0.6 is 0 Å². The fourth-order valence-corrected chi connectivity index (χ4v) is 2.34. The van der Waals surface area contributed by atoms with E-state index in [1.54, 1.807) is 0 Å². The van der Waals surface area contributed by atoms with Crippen molar-refractivity contribution < 1.29 is 14.4 Å². The summed E-state index contributed by atoms with van der Waals surface area (Å²) < 4.78 is 5.69. The maximum absolute atomic E-state index is 5.69. The molecule has 0 saturated heterocycles. The first-order valence-electron chi connectivity index (χ1n) is 8.34. The number of oxime groups is 2. The molecule has 3 rings (SSSR count). The zero-order valence-corrected chi connectivity index (χ0v) is 14.6. The van der Waals surface area contributed by atoms with Gasteiger partial charge in [0.1, 0.15) is 25.6 Å². The van der Waals surface area contributed by atoms with E-state index in [0.29, 0.717) is 19.8 Å². The Bertz CT molecular complexity index is 750. The summed E-state index contributed by atoms with van der Waals surface area (Å²) >= 11 is 0. The Kier molecular flexibility index (Phi) is 5.67. The van der Waals surface area contributed by atoms with Gasteiger partial charge in [-0.05, 0) is 49.2 Å². The molecule has 0 unspecified atom stereocenters. The van der Waals surface area contributed by atoms with Crippen LogP contribution in [0, 0.1) is 6.92 Å². The highest BCUT2D eigenvalue weighted by molar-refractivity contribution is 5.98. The zero-order chi connectivity index (χ0) is 17.5. The van der Waals surface area contributed by atoms with Crippen LogP contribution < -0.4 is 4.74 Å². The summed E-state index contributed by atoms with van der Waals surface area (Å²) in [5.74, 6) is 0.798. The molecule has 1 aliphatic heterocycles. The van der Waals surface area contributed by atoms with E-state index in [4.69, 9.17) is 14.4 Å². The summed E-state index contributed by atoms with van der Waals surface area (Å²) in [6, 6.07) is 16.0. The summed E-state index contributed by atoms with van der Waals surface area (Å²) in [6.07, 6.45) is 0.835. The van der Waals surface area contributed by atoms with Crippen molar-refractivity contribution in [1.29, 1.82) is 0 Å². The van der Waals surface area contributed by atoms with Crippen LogP contribution in [0.1, 0.15) is 30.0 Å². The molecule has 130 valence electrons. The van der Waals surface area contributed by atoms with E-state index in [2.05, 4.69) is 29.4 Å². The Balaban J connectivity index is 1.50. The molecule has 25 heavy (non-hydrogen) atoms. The van der Waals surface area contributed by atoms with Gasteiger partial charge in [-0.25, -0.2) is 0 Å². The standard InChI is InChI=1S/C20H22N2O3/c1-15-3-5-17(6-4-15)13-25-21-16(2)18-7-9-20(10-8-18)23-14-19-11-12-24-22-19/h3-10H,11-14H2,1-2H3/b21-16+. The van der Waals surface area contributed by atoms with Gasteiger partial charge in [-0.1, -0.05) is 40.1 Å². The Morgan fingerprint density at radius 2 is 1.84 bits per heavy atom. The highest BCUT2D eigenvalue weighted by atomic mass is 16.6. The third kappa shape index (κ3) is 5.08. The van der Waals surface area contributed by atoms with Gasteiger partial charge in [-0.2, -0.15) is 0 Å². The third-order valence-corrected chi connectivity index (χ3v) is 3.91. The van der Waals surface area contributed by atoms with E-state index in [1.165, 1.54) is 5.56 Å². The topological polar surface area (TPSA) is 52.4 Å². The number of rotatable bonds is 7. The molecule has 1 heterocycles. The Morgan fingerprint density at radius 3 is 2.52 bits per heavy atom. The van der Waals surface area contributed by atoms with Gasteiger partial charge in [0, 0.05) is 6.42 Å². The molecule has 2 aromatic carbocycles. The van der Waals surface area contributed by atoms with Crippen LogP contribution in [0.25, 0.3) is 0 Å². The first kappa shape index (κ1) is 17.0. The van der Waals surface area contributed by atoms with E-state index in [0.717, 1.165) is 34.7 Å². The fourth-order valence-electron chi connectivity index (χ4n) is 2.34. The normalized spacial score (nSPS) is 14.0. The highest BCUT2D eigenvalue weighted by Gasteiger charge is 2.08. The number of nitrogens with zero attached hydrogens (tertiary/aromatic N) is 2. The van der Waals surface area contributed by atoms with Gasteiger partial charge in [0.25, 0.3) is 0 Å². The first-order valence-corrected chi connectivity index (χ1v) is 8.34. The maximum atomic E-state index is 5.69. The van der Waals surface area contributed by atoms with Crippen LogP contribution in [0.4, 0.5) is 0 Å². The van der Waals surface area contributed by atoms with Crippen LogP contribution in [0.2, 0.25) is 0 Å². The molecule has 0 aliphatic carbocycles. The second-order valence-electron chi connectivity index (χ2n) is 5.99. The average Bonchev–Trinajstić information content (AvgIpc) is 3.15. The molecule has 1 aliphatic rings. The summed E-state index contributed by atoms with van der Waals surface area (Å²) in [7, 11) is 0. The van der Waals surface area contributed by atoms with Crippen LogP contribution in [0.15, 0.2) is 58.8 Å². The molecule has 0 amide bonds. The zero-order valence-electron chi connectivity index (χ0n) is 14.6. The van der Waals surface area contributed by atoms with Crippen LogP contribution in [-0.4, -0.2) is 24.6 Å². The molecular formula is C20H22N2O3. The van der Waals surface area contributed by atoms with Gasteiger partial charge in [0.05, 0.1) is 11.4 Å². The molecule has 0 radical (unpaired) electrons. The first-order chi connectivity index (χ1) is 12.2. The summed E-state index contributed by atoms with van der Waals surface area (Å²) in [5.41, 5.74) is 5.10. The minimum absolute atomic E-state index is 0.461. The molecule has 0 N–H and O–H groups in total. The Morgan fingerprint density at radius 1 is 1.08 bits per heavy atom. The Labute approximate surface area is 147 Å². The predicted octanol–water partition coefficient (Wildman–Crippen LogP) is 4.09. The minimum atomic E-state index is 0.461. The molecule has 5 nitrogen and oxygen atoms in total. The lowest BCUT2D eigenvalue weighted by Gasteiger charge is -2.07. The third-order valence-electron chi connectivity index (χ3n) is 3.91. The van der Waals surface area contributed by atoms with Crippen LogP contribution in [-0.2, 0) is 16.3 Å². The lowest BCUT2D eigenvalue weighted by atomic mass is 10.1. The largest absolute Gasteiger partial charge is 0.488 e. The number of benzene rings is 2. The van der Waals surface area contributed by atoms with Gasteiger partial charge in [-0.15, -0.1) is 0 Å². The van der Waals surface area contributed by atoms with Crippen LogP contribution in [0.5, 0.6) is 5.75 Å². The minimum Gasteiger partial charge on any atom is -0.488 e. The molecule has 0 saturated carbocycles. The molecule has 5 heteroatoms. The van der Waals surface area contributed by atoms with Crippen molar-refractivity contribution in [2.45, 2.75) is 26.9 Å². The molecule has 0 fully saturated rings. The molecule has 0 spiro atoms. The number of hydrogen-bond acceptors (Lipinski definition) is 5. The van der Waals surface area contributed by atoms with E-state index in [9.17, 15) is 0 Å². The summed E-state index contributed by atoms with van der Waals surface area (Å²) in [5, 5.41) is 8.11. The van der Waals surface area contributed by atoms with Crippen molar-refractivity contribution in [2.75, 3.05) is 13.2 Å². The molecule has 0 bridgehead atoms. The van der Waals surface area contributed by atoms with Crippen molar-refractivity contribution >= 4 is 11.4 Å². The van der Waals surface area contributed by atoms with Gasteiger partial charge >= 0.3 is 0 Å². The Hall–Kier alpha value is -2.82. The molecule has 2 aromatic rings.